The van der Waals surface area contributed by atoms with Crippen molar-refractivity contribution in [2.24, 2.45) is 0 Å². The first-order valence-corrected chi connectivity index (χ1v) is 11.3. The number of aliphatic hydroxyl groups is 1. The fourth-order valence-electron chi connectivity index (χ4n) is 4.34. The Morgan fingerprint density at radius 3 is 2.62 bits per heavy atom. The zero-order valence-corrected chi connectivity index (χ0v) is 18.5. The van der Waals surface area contributed by atoms with Crippen molar-refractivity contribution in [1.29, 1.82) is 0 Å². The molecule has 0 spiro atoms. The molecule has 3 aromatic rings. The summed E-state index contributed by atoms with van der Waals surface area (Å²) >= 11 is 0. The van der Waals surface area contributed by atoms with Gasteiger partial charge in [-0.1, -0.05) is 6.08 Å². The zero-order valence-electron chi connectivity index (χ0n) is 18.5. The van der Waals surface area contributed by atoms with Crippen molar-refractivity contribution in [2.45, 2.75) is 32.3 Å². The maximum atomic E-state index is 9.65. The second kappa shape index (κ2) is 9.18. The van der Waals surface area contributed by atoms with E-state index in [9.17, 15) is 5.11 Å². The lowest BCUT2D eigenvalue weighted by Crippen LogP contribution is -2.44. The van der Waals surface area contributed by atoms with Gasteiger partial charge in [0, 0.05) is 37.8 Å². The minimum atomic E-state index is -0.0974. The van der Waals surface area contributed by atoms with Crippen LogP contribution in [0.2, 0.25) is 0 Å². The highest BCUT2D eigenvalue weighted by Gasteiger charge is 2.16. The SMILES string of the molecule is CN1CCN(c2ccc(Nc3ncc4cc(CO)nc(C5=CCCCC5)c4n3)nc2)CC1. The molecule has 0 amide bonds. The molecule has 0 radical (unpaired) electrons. The summed E-state index contributed by atoms with van der Waals surface area (Å²) in [6, 6.07) is 5.92. The predicted molar refractivity (Wildman–Crippen MR) is 127 cm³/mol. The quantitative estimate of drug-likeness (QED) is 0.636. The third-order valence-electron chi connectivity index (χ3n) is 6.23. The van der Waals surface area contributed by atoms with Crippen LogP contribution in [0.3, 0.4) is 0 Å². The lowest BCUT2D eigenvalue weighted by molar-refractivity contribution is 0.277. The molecule has 0 aromatic carbocycles. The van der Waals surface area contributed by atoms with Gasteiger partial charge in [0.15, 0.2) is 0 Å². The lowest BCUT2D eigenvalue weighted by Gasteiger charge is -2.33. The molecular weight excluding hydrogens is 402 g/mol. The molecule has 5 rings (SSSR count). The summed E-state index contributed by atoms with van der Waals surface area (Å²) in [6.07, 6.45) is 10.3. The van der Waals surface area contributed by atoms with Crippen molar-refractivity contribution in [3.8, 4) is 0 Å². The summed E-state index contributed by atoms with van der Waals surface area (Å²) in [5.74, 6) is 1.20. The topological polar surface area (TPSA) is 90.3 Å². The number of rotatable bonds is 5. The molecule has 1 fully saturated rings. The van der Waals surface area contributed by atoms with E-state index in [1.807, 2.05) is 18.3 Å². The number of nitrogens with one attached hydrogen (secondary N) is 1. The van der Waals surface area contributed by atoms with Crippen LogP contribution in [0.4, 0.5) is 17.5 Å². The van der Waals surface area contributed by atoms with Crippen LogP contribution in [0.5, 0.6) is 0 Å². The molecule has 8 heteroatoms. The number of hydrogen-bond donors (Lipinski definition) is 2. The maximum absolute atomic E-state index is 9.65. The van der Waals surface area contributed by atoms with E-state index in [1.54, 1.807) is 6.20 Å². The highest BCUT2D eigenvalue weighted by atomic mass is 16.3. The monoisotopic (exact) mass is 431 g/mol. The Morgan fingerprint density at radius 1 is 1.03 bits per heavy atom. The van der Waals surface area contributed by atoms with Crippen molar-refractivity contribution in [1.82, 2.24) is 24.8 Å². The van der Waals surface area contributed by atoms with Gasteiger partial charge in [0.2, 0.25) is 5.95 Å². The van der Waals surface area contributed by atoms with Crippen molar-refractivity contribution in [2.75, 3.05) is 43.4 Å². The summed E-state index contributed by atoms with van der Waals surface area (Å²) in [7, 11) is 2.16. The number of aliphatic hydroxyl groups excluding tert-OH is 1. The molecule has 2 N–H and O–H groups in total. The second-order valence-corrected chi connectivity index (χ2v) is 8.54. The standard InChI is InChI=1S/C24H29N7O/c1-30-9-11-31(12-10-30)20-7-8-21(25-15-20)28-24-26-14-18-13-19(16-32)27-22(23(18)29-24)17-5-3-2-4-6-17/h5,7-8,13-15,32H,2-4,6,9-12,16H2,1H3,(H,25,26,28,29). The number of anilines is 3. The normalized spacial score (nSPS) is 17.4. The van der Waals surface area contributed by atoms with E-state index < -0.39 is 0 Å². The molecule has 0 saturated carbocycles. The molecule has 0 atom stereocenters. The van der Waals surface area contributed by atoms with Gasteiger partial charge < -0.3 is 20.2 Å². The van der Waals surface area contributed by atoms with E-state index in [-0.39, 0.29) is 6.61 Å². The van der Waals surface area contributed by atoms with Crippen LogP contribution >= 0.6 is 0 Å². The number of piperazine rings is 1. The summed E-state index contributed by atoms with van der Waals surface area (Å²) in [5, 5.41) is 13.8. The Balaban J connectivity index is 1.40. The van der Waals surface area contributed by atoms with Crippen molar-refractivity contribution >= 4 is 33.9 Å². The summed E-state index contributed by atoms with van der Waals surface area (Å²) < 4.78 is 0. The van der Waals surface area contributed by atoms with E-state index >= 15 is 0 Å². The Hall–Kier alpha value is -3.10. The van der Waals surface area contributed by atoms with Gasteiger partial charge in [-0.25, -0.2) is 19.9 Å². The van der Waals surface area contributed by atoms with E-state index in [1.165, 1.54) is 12.0 Å². The molecule has 3 aromatic heterocycles. The minimum absolute atomic E-state index is 0.0974. The number of aromatic nitrogens is 4. The smallest absolute Gasteiger partial charge is 0.228 e. The molecule has 0 unspecified atom stereocenters. The van der Waals surface area contributed by atoms with E-state index in [4.69, 9.17) is 9.97 Å². The average Bonchev–Trinajstić information content (AvgIpc) is 2.85. The van der Waals surface area contributed by atoms with Crippen LogP contribution in [0.25, 0.3) is 16.5 Å². The van der Waals surface area contributed by atoms with E-state index in [0.29, 0.717) is 17.5 Å². The molecule has 2 aliphatic rings. The molecule has 4 heterocycles. The van der Waals surface area contributed by atoms with Crippen LogP contribution in [-0.2, 0) is 6.61 Å². The minimum Gasteiger partial charge on any atom is -0.390 e. The van der Waals surface area contributed by atoms with Gasteiger partial charge >= 0.3 is 0 Å². The van der Waals surface area contributed by atoms with Crippen molar-refractivity contribution in [3.05, 3.63) is 48.1 Å². The van der Waals surface area contributed by atoms with Crippen LogP contribution in [0.1, 0.15) is 37.1 Å². The van der Waals surface area contributed by atoms with Gasteiger partial charge in [0.05, 0.1) is 29.9 Å². The van der Waals surface area contributed by atoms with Gasteiger partial charge in [-0.2, -0.15) is 0 Å². The van der Waals surface area contributed by atoms with Crippen LogP contribution in [0.15, 0.2) is 36.7 Å². The van der Waals surface area contributed by atoms with Gasteiger partial charge in [-0.3, -0.25) is 0 Å². The fraction of sp³-hybridized carbons (Fsp3) is 0.417. The third-order valence-corrected chi connectivity index (χ3v) is 6.23. The Kier molecular flexibility index (Phi) is 5.96. The summed E-state index contributed by atoms with van der Waals surface area (Å²) in [5.41, 5.74) is 4.65. The molecule has 0 bridgehead atoms. The second-order valence-electron chi connectivity index (χ2n) is 8.54. The number of likely N-dealkylation sites (N-methyl/N-ethyl adjacent to an activating group) is 1. The highest BCUT2D eigenvalue weighted by Crippen LogP contribution is 2.31. The Labute approximate surface area is 188 Å². The van der Waals surface area contributed by atoms with Gasteiger partial charge in [0.25, 0.3) is 0 Å². The highest BCUT2D eigenvalue weighted by molar-refractivity contribution is 5.89. The molecule has 1 aliphatic heterocycles. The van der Waals surface area contributed by atoms with Gasteiger partial charge in [0.1, 0.15) is 11.3 Å². The Bertz CT molecular complexity index is 1120. The number of allylic oxidation sites excluding steroid dienone is 2. The number of nitrogens with zero attached hydrogens (tertiary/aromatic N) is 6. The average molecular weight is 432 g/mol. The molecule has 1 aliphatic carbocycles. The zero-order chi connectivity index (χ0) is 21.9. The molecule has 32 heavy (non-hydrogen) atoms. The van der Waals surface area contributed by atoms with Crippen LogP contribution in [0, 0.1) is 0 Å². The molecule has 1 saturated heterocycles. The van der Waals surface area contributed by atoms with E-state index in [2.05, 4.69) is 44.3 Å². The molecular formula is C24H29N7O. The van der Waals surface area contributed by atoms with Crippen molar-refractivity contribution < 1.29 is 5.11 Å². The number of hydrogen-bond acceptors (Lipinski definition) is 8. The largest absolute Gasteiger partial charge is 0.390 e. The maximum Gasteiger partial charge on any atom is 0.228 e. The fourth-order valence-corrected chi connectivity index (χ4v) is 4.34. The van der Waals surface area contributed by atoms with Crippen LogP contribution < -0.4 is 10.2 Å². The first-order valence-electron chi connectivity index (χ1n) is 11.3. The number of pyridine rings is 2. The van der Waals surface area contributed by atoms with Crippen LogP contribution in [-0.4, -0.2) is 63.2 Å². The first-order chi connectivity index (χ1) is 15.7. The molecule has 166 valence electrons. The first kappa shape index (κ1) is 20.8. The van der Waals surface area contributed by atoms with E-state index in [0.717, 1.165) is 67.7 Å². The summed E-state index contributed by atoms with van der Waals surface area (Å²) in [6.45, 7) is 4.06. The predicted octanol–water partition coefficient (Wildman–Crippen LogP) is 3.36. The molecule has 8 nitrogen and oxygen atoms in total. The number of fused-ring (bicyclic) bond motifs is 1. The van der Waals surface area contributed by atoms with Gasteiger partial charge in [-0.05, 0) is 56.5 Å². The lowest BCUT2D eigenvalue weighted by atomic mass is 9.95. The third kappa shape index (κ3) is 4.42. The van der Waals surface area contributed by atoms with Crippen molar-refractivity contribution in [3.63, 3.8) is 0 Å². The Morgan fingerprint density at radius 2 is 1.91 bits per heavy atom. The van der Waals surface area contributed by atoms with Gasteiger partial charge in [-0.15, -0.1) is 0 Å². The summed E-state index contributed by atoms with van der Waals surface area (Å²) in [4.78, 5) is 23.2.